The molecule has 132 valence electrons. The van der Waals surface area contributed by atoms with E-state index in [9.17, 15) is 9.59 Å². The first kappa shape index (κ1) is 20.5. The van der Waals surface area contributed by atoms with Gasteiger partial charge < -0.3 is 12.3 Å². The second kappa shape index (κ2) is 8.49. The number of urea groups is 1. The molecule has 0 aromatic carbocycles. The monoisotopic (exact) mass is 371 g/mol. The van der Waals surface area contributed by atoms with Gasteiger partial charge in [-0.2, -0.15) is 0 Å². The van der Waals surface area contributed by atoms with Gasteiger partial charge in [0.05, 0.1) is 12.0 Å². The number of amides is 3. The number of hydrogen-bond donors (Lipinski definition) is 0. The number of fused-ring (bicyclic) bond motifs is 2. The second-order valence-corrected chi connectivity index (χ2v) is 6.01. The SMILES string of the molecule is CN1C(=O)[C@H]2C=C3CCCC3=C[C@H]2N(C)C1=O.[CH3-].[CH]1C=CC=C1.[Co]. The van der Waals surface area contributed by atoms with Crippen LogP contribution in [0.3, 0.4) is 0 Å². The minimum atomic E-state index is -0.206. The predicted molar refractivity (Wildman–Crippen MR) is 92.2 cm³/mol. The van der Waals surface area contributed by atoms with E-state index in [0.717, 1.165) is 12.8 Å². The van der Waals surface area contributed by atoms with Crippen LogP contribution < -0.4 is 0 Å². The van der Waals surface area contributed by atoms with Crippen molar-refractivity contribution >= 4 is 11.9 Å². The molecular weight excluding hydrogens is 347 g/mol. The molecule has 0 spiro atoms. The fraction of sp³-hybridized carbons (Fsp3) is 0.368. The summed E-state index contributed by atoms with van der Waals surface area (Å²) >= 11 is 0. The Morgan fingerprint density at radius 3 is 2.08 bits per heavy atom. The summed E-state index contributed by atoms with van der Waals surface area (Å²) in [6, 6.07) is -0.286. The molecule has 1 saturated carbocycles. The van der Waals surface area contributed by atoms with Gasteiger partial charge in [0, 0.05) is 37.3 Å². The summed E-state index contributed by atoms with van der Waals surface area (Å²) in [7, 11) is 3.33. The van der Waals surface area contributed by atoms with E-state index in [2.05, 4.69) is 12.2 Å². The van der Waals surface area contributed by atoms with E-state index in [4.69, 9.17) is 0 Å². The Bertz CT molecular complexity index is 609. The molecule has 0 bridgehead atoms. The van der Waals surface area contributed by atoms with E-state index in [1.807, 2.05) is 30.7 Å². The molecule has 1 saturated heterocycles. The molecule has 0 unspecified atom stereocenters. The van der Waals surface area contributed by atoms with E-state index in [1.54, 1.807) is 19.0 Å². The van der Waals surface area contributed by atoms with Crippen LogP contribution in [0.1, 0.15) is 19.3 Å². The number of hydrogen-bond acceptors (Lipinski definition) is 2. The van der Waals surface area contributed by atoms with Gasteiger partial charge in [-0.05, 0) is 30.4 Å². The van der Waals surface area contributed by atoms with Gasteiger partial charge in [0.15, 0.2) is 0 Å². The molecule has 2 atom stereocenters. The van der Waals surface area contributed by atoms with Gasteiger partial charge >= 0.3 is 6.03 Å². The Hall–Kier alpha value is -1.59. The normalized spacial score (nSPS) is 26.4. The van der Waals surface area contributed by atoms with Crippen LogP contribution in [-0.4, -0.2) is 41.9 Å². The fourth-order valence-corrected chi connectivity index (χ4v) is 3.37. The zero-order valence-corrected chi connectivity index (χ0v) is 15.4. The molecule has 24 heavy (non-hydrogen) atoms. The Kier molecular flexibility index (Phi) is 7.23. The van der Waals surface area contributed by atoms with E-state index >= 15 is 0 Å². The van der Waals surface area contributed by atoms with Gasteiger partial charge in [-0.1, -0.05) is 36.5 Å². The molecule has 0 N–H and O–H groups in total. The Labute approximate surface area is 155 Å². The average molecular weight is 371 g/mol. The number of nitrogens with zero attached hydrogens (tertiary/aromatic N) is 2. The number of carbonyl (C=O) groups is 2. The zero-order valence-electron chi connectivity index (χ0n) is 14.4. The Morgan fingerprint density at radius 2 is 1.54 bits per heavy atom. The minimum Gasteiger partial charge on any atom is -0.358 e. The molecule has 2 fully saturated rings. The van der Waals surface area contributed by atoms with Gasteiger partial charge in [-0.25, -0.2) is 4.79 Å². The number of likely N-dealkylation sites (N-methyl/N-ethyl adjacent to an activating group) is 1. The summed E-state index contributed by atoms with van der Waals surface area (Å²) < 4.78 is 0. The summed E-state index contributed by atoms with van der Waals surface area (Å²) in [4.78, 5) is 26.9. The fourth-order valence-electron chi connectivity index (χ4n) is 3.37. The molecule has 5 heteroatoms. The topological polar surface area (TPSA) is 40.6 Å². The van der Waals surface area contributed by atoms with E-state index < -0.39 is 0 Å². The average Bonchev–Trinajstić information content (AvgIpc) is 3.22. The number of carbonyl (C=O) groups excluding carboxylic acids is 2. The van der Waals surface area contributed by atoms with Gasteiger partial charge in [0.2, 0.25) is 5.91 Å². The van der Waals surface area contributed by atoms with E-state index in [1.165, 1.54) is 22.5 Å². The smallest absolute Gasteiger partial charge is 0.326 e. The van der Waals surface area contributed by atoms with Crippen LogP contribution in [0.15, 0.2) is 47.6 Å². The van der Waals surface area contributed by atoms with Crippen molar-refractivity contribution in [3.8, 4) is 0 Å². The molecule has 2 radical (unpaired) electrons. The molecule has 3 amide bonds. The summed E-state index contributed by atoms with van der Waals surface area (Å²) in [6.07, 6.45) is 17.5. The van der Waals surface area contributed by atoms with Crippen LogP contribution >= 0.6 is 0 Å². The molecule has 1 aliphatic heterocycles. The molecule has 4 aliphatic rings. The quantitative estimate of drug-likeness (QED) is 0.613. The van der Waals surface area contributed by atoms with Gasteiger partial charge in [0.1, 0.15) is 0 Å². The summed E-state index contributed by atoms with van der Waals surface area (Å²) in [6.45, 7) is 0. The van der Waals surface area contributed by atoms with E-state index in [0.29, 0.717) is 0 Å². The second-order valence-electron chi connectivity index (χ2n) is 6.01. The van der Waals surface area contributed by atoms with Crippen molar-refractivity contribution in [2.24, 2.45) is 5.92 Å². The maximum atomic E-state index is 12.1. The summed E-state index contributed by atoms with van der Waals surface area (Å²) in [5.41, 5.74) is 2.65. The van der Waals surface area contributed by atoms with Gasteiger partial charge in [-0.15, -0.1) is 0 Å². The first-order valence-electron chi connectivity index (χ1n) is 7.72. The largest absolute Gasteiger partial charge is 0.358 e. The number of imide groups is 1. The molecule has 0 aromatic heterocycles. The van der Waals surface area contributed by atoms with Crippen molar-refractivity contribution < 1.29 is 26.4 Å². The van der Waals surface area contributed by atoms with Crippen LogP contribution in [0.5, 0.6) is 0 Å². The van der Waals surface area contributed by atoms with Crippen LogP contribution in [-0.2, 0) is 21.6 Å². The third kappa shape index (κ3) is 3.73. The molecule has 4 rings (SSSR count). The van der Waals surface area contributed by atoms with Crippen LogP contribution in [0.25, 0.3) is 0 Å². The molecule has 3 aliphatic carbocycles. The van der Waals surface area contributed by atoms with Crippen molar-refractivity contribution in [2.75, 3.05) is 14.1 Å². The van der Waals surface area contributed by atoms with Crippen molar-refractivity contribution in [1.82, 2.24) is 9.80 Å². The zero-order chi connectivity index (χ0) is 15.7. The summed E-state index contributed by atoms with van der Waals surface area (Å²) in [5.74, 6) is -0.257. The maximum Gasteiger partial charge on any atom is 0.326 e. The standard InChI is InChI=1S/C13H16N2O2.C5H5.CH3.Co/c1-14-11-7-9-5-3-4-8(9)6-10(11)12(16)15(2)13(14)17;1-2-4-5-3-1;;/h6-7,10-11H,3-5H2,1-2H3;1-5H;1H3;/q;;-1;/t10-,11+;;;/m0.../s1. The Balaban J connectivity index is 0.000000357. The molecular formula is C19H24CoN2O2-. The minimum absolute atomic E-state index is 0. The molecule has 4 nitrogen and oxygen atoms in total. The third-order valence-electron chi connectivity index (χ3n) is 4.63. The van der Waals surface area contributed by atoms with Gasteiger partial charge in [0.25, 0.3) is 0 Å². The molecule has 0 aromatic rings. The van der Waals surface area contributed by atoms with Crippen molar-refractivity contribution in [1.29, 1.82) is 0 Å². The Morgan fingerprint density at radius 1 is 0.958 bits per heavy atom. The first-order valence-corrected chi connectivity index (χ1v) is 7.72. The third-order valence-corrected chi connectivity index (χ3v) is 4.63. The first-order chi connectivity index (χ1) is 10.6. The number of rotatable bonds is 0. The van der Waals surface area contributed by atoms with E-state index in [-0.39, 0.29) is 48.1 Å². The summed E-state index contributed by atoms with van der Waals surface area (Å²) in [5, 5.41) is 0. The molecule has 1 heterocycles. The van der Waals surface area contributed by atoms with Crippen LogP contribution in [0.4, 0.5) is 4.79 Å². The predicted octanol–water partition coefficient (Wildman–Crippen LogP) is 3.31. The maximum absolute atomic E-state index is 12.1. The van der Waals surface area contributed by atoms with Gasteiger partial charge in [-0.3, -0.25) is 9.69 Å². The van der Waals surface area contributed by atoms with Crippen molar-refractivity contribution in [2.45, 2.75) is 25.3 Å². The van der Waals surface area contributed by atoms with Crippen LogP contribution in [0.2, 0.25) is 0 Å². The van der Waals surface area contributed by atoms with Crippen molar-refractivity contribution in [3.63, 3.8) is 0 Å². The number of allylic oxidation sites excluding steroid dienone is 6. The van der Waals surface area contributed by atoms with Crippen molar-refractivity contribution in [3.05, 3.63) is 61.4 Å². The van der Waals surface area contributed by atoms with Crippen LogP contribution in [0, 0.1) is 19.8 Å².